The zero-order valence-electron chi connectivity index (χ0n) is 11.0. The van der Waals surface area contributed by atoms with Crippen LogP contribution in [0.2, 0.25) is 0 Å². The van der Waals surface area contributed by atoms with Gasteiger partial charge in [-0.1, -0.05) is 6.07 Å². The van der Waals surface area contributed by atoms with Crippen LogP contribution in [0, 0.1) is 12.7 Å². The average Bonchev–Trinajstić information content (AvgIpc) is 2.43. The van der Waals surface area contributed by atoms with Crippen molar-refractivity contribution in [2.24, 2.45) is 0 Å². The van der Waals surface area contributed by atoms with E-state index in [1.165, 1.54) is 36.4 Å². The molecule has 0 spiro atoms. The smallest absolute Gasteiger partial charge is 0.335 e. The molecule has 5 nitrogen and oxygen atoms in total. The largest absolute Gasteiger partial charge is 0.478 e. The van der Waals surface area contributed by atoms with Crippen LogP contribution in [-0.2, 0) is 10.0 Å². The number of aromatic carboxylic acids is 1. The predicted octanol–water partition coefficient (Wildman–Crippen LogP) is 2.63. The highest BCUT2D eigenvalue weighted by molar-refractivity contribution is 7.92. The van der Waals surface area contributed by atoms with Crippen molar-refractivity contribution in [2.45, 2.75) is 11.8 Å². The van der Waals surface area contributed by atoms with Gasteiger partial charge in [-0.2, -0.15) is 0 Å². The van der Waals surface area contributed by atoms with E-state index in [4.69, 9.17) is 5.11 Å². The zero-order chi connectivity index (χ0) is 15.6. The van der Waals surface area contributed by atoms with Gasteiger partial charge in [0.25, 0.3) is 10.0 Å². The van der Waals surface area contributed by atoms with E-state index in [1.807, 2.05) is 0 Å². The monoisotopic (exact) mass is 309 g/mol. The number of carbonyl (C=O) groups is 1. The molecule has 0 aliphatic heterocycles. The summed E-state index contributed by atoms with van der Waals surface area (Å²) in [6, 6.07) is 8.51. The predicted molar refractivity (Wildman–Crippen MR) is 75.3 cm³/mol. The highest BCUT2D eigenvalue weighted by atomic mass is 32.2. The van der Waals surface area contributed by atoms with E-state index in [0.717, 1.165) is 6.07 Å². The number of carboxylic acid groups (broad SMARTS) is 1. The topological polar surface area (TPSA) is 83.5 Å². The molecule has 0 saturated carbocycles. The number of benzene rings is 2. The SMILES string of the molecule is Cc1ccc(F)cc1NS(=O)(=O)c1ccc(C(=O)O)cc1. The van der Waals surface area contributed by atoms with E-state index >= 15 is 0 Å². The second-order valence-corrected chi connectivity index (χ2v) is 6.08. The molecule has 0 fully saturated rings. The molecule has 0 unspecified atom stereocenters. The van der Waals surface area contributed by atoms with Crippen molar-refractivity contribution in [3.63, 3.8) is 0 Å². The summed E-state index contributed by atoms with van der Waals surface area (Å²) in [7, 11) is -3.90. The van der Waals surface area contributed by atoms with Crippen molar-refractivity contribution >= 4 is 21.7 Å². The van der Waals surface area contributed by atoms with Crippen molar-refractivity contribution in [1.82, 2.24) is 0 Å². The maximum atomic E-state index is 13.2. The maximum absolute atomic E-state index is 13.2. The number of hydrogen-bond donors (Lipinski definition) is 2. The first kappa shape index (κ1) is 15.0. The third-order valence-corrected chi connectivity index (χ3v) is 4.24. The molecule has 0 aliphatic rings. The Balaban J connectivity index is 2.34. The molecule has 0 aliphatic carbocycles. The number of nitrogens with one attached hydrogen (secondary N) is 1. The number of anilines is 1. The number of rotatable bonds is 4. The van der Waals surface area contributed by atoms with Gasteiger partial charge in [0.1, 0.15) is 5.82 Å². The number of hydrogen-bond acceptors (Lipinski definition) is 3. The number of sulfonamides is 1. The van der Waals surface area contributed by atoms with Crippen LogP contribution in [0.25, 0.3) is 0 Å². The van der Waals surface area contributed by atoms with E-state index in [-0.39, 0.29) is 16.1 Å². The van der Waals surface area contributed by atoms with Crippen LogP contribution < -0.4 is 4.72 Å². The van der Waals surface area contributed by atoms with Gasteiger partial charge in [-0.3, -0.25) is 4.72 Å². The van der Waals surface area contributed by atoms with Crippen molar-refractivity contribution in [2.75, 3.05) is 4.72 Å². The standard InChI is InChI=1S/C14H12FNO4S/c1-9-2-5-11(15)8-13(9)16-21(19,20)12-6-3-10(4-7-12)14(17)18/h2-8,16H,1H3,(H,17,18). The molecule has 7 heteroatoms. The molecule has 0 amide bonds. The average molecular weight is 309 g/mol. The lowest BCUT2D eigenvalue weighted by Gasteiger charge is -2.10. The molecule has 0 atom stereocenters. The third-order valence-electron chi connectivity index (χ3n) is 2.86. The minimum absolute atomic E-state index is 0.0177. The number of aryl methyl sites for hydroxylation is 1. The van der Waals surface area contributed by atoms with Crippen LogP contribution in [0.3, 0.4) is 0 Å². The molecule has 110 valence electrons. The molecule has 2 aromatic carbocycles. The highest BCUT2D eigenvalue weighted by Crippen LogP contribution is 2.21. The van der Waals surface area contributed by atoms with Gasteiger partial charge in [0, 0.05) is 0 Å². The third kappa shape index (κ3) is 3.38. The Labute approximate surface area is 121 Å². The Bertz CT molecular complexity index is 785. The molecular weight excluding hydrogens is 297 g/mol. The summed E-state index contributed by atoms with van der Waals surface area (Å²) in [6.45, 7) is 1.64. The lowest BCUT2D eigenvalue weighted by atomic mass is 10.2. The number of carboxylic acids is 1. The fourth-order valence-corrected chi connectivity index (χ4v) is 2.81. The first-order valence-corrected chi connectivity index (χ1v) is 7.40. The van der Waals surface area contributed by atoms with Gasteiger partial charge in [-0.05, 0) is 48.9 Å². The van der Waals surface area contributed by atoms with Crippen molar-refractivity contribution in [1.29, 1.82) is 0 Å². The van der Waals surface area contributed by atoms with Crippen molar-refractivity contribution < 1.29 is 22.7 Å². The van der Waals surface area contributed by atoms with Crippen LogP contribution in [-0.4, -0.2) is 19.5 Å². The minimum atomic E-state index is -3.90. The summed E-state index contributed by atoms with van der Waals surface area (Å²) in [5, 5.41) is 8.77. The first-order chi connectivity index (χ1) is 9.79. The van der Waals surface area contributed by atoms with Gasteiger partial charge in [0.05, 0.1) is 16.1 Å². The fraction of sp³-hybridized carbons (Fsp3) is 0.0714. The summed E-state index contributed by atoms with van der Waals surface area (Å²) >= 11 is 0. The van der Waals surface area contributed by atoms with E-state index in [1.54, 1.807) is 6.92 Å². The molecule has 0 saturated heterocycles. The minimum Gasteiger partial charge on any atom is -0.478 e. The van der Waals surface area contributed by atoms with E-state index in [9.17, 15) is 17.6 Å². The van der Waals surface area contributed by atoms with Gasteiger partial charge in [0.15, 0.2) is 0 Å². The fourth-order valence-electron chi connectivity index (χ4n) is 1.68. The van der Waals surface area contributed by atoms with E-state index in [0.29, 0.717) is 5.56 Å². The molecule has 0 heterocycles. The van der Waals surface area contributed by atoms with Crippen molar-refractivity contribution in [3.05, 3.63) is 59.4 Å². The van der Waals surface area contributed by atoms with Crippen LogP contribution in [0.1, 0.15) is 15.9 Å². The normalized spacial score (nSPS) is 11.1. The Morgan fingerprint density at radius 1 is 1.14 bits per heavy atom. The lowest BCUT2D eigenvalue weighted by molar-refractivity contribution is 0.0696. The Hall–Kier alpha value is -2.41. The molecule has 21 heavy (non-hydrogen) atoms. The summed E-state index contributed by atoms with van der Waals surface area (Å²) in [5.74, 6) is -1.70. The van der Waals surface area contributed by atoms with Gasteiger partial charge < -0.3 is 5.11 Å². The zero-order valence-corrected chi connectivity index (χ0v) is 11.8. The molecular formula is C14H12FNO4S. The van der Waals surface area contributed by atoms with Gasteiger partial charge in [0.2, 0.25) is 0 Å². The first-order valence-electron chi connectivity index (χ1n) is 5.92. The Morgan fingerprint density at radius 2 is 1.76 bits per heavy atom. The molecule has 2 rings (SSSR count). The van der Waals surface area contributed by atoms with Crippen LogP contribution >= 0.6 is 0 Å². The summed E-state index contributed by atoms with van der Waals surface area (Å²) < 4.78 is 39.8. The van der Waals surface area contributed by atoms with Gasteiger partial charge in [-0.15, -0.1) is 0 Å². The molecule has 0 aromatic heterocycles. The Morgan fingerprint density at radius 3 is 2.33 bits per heavy atom. The van der Waals surface area contributed by atoms with E-state index < -0.39 is 21.8 Å². The summed E-state index contributed by atoms with van der Waals surface area (Å²) in [4.78, 5) is 10.6. The van der Waals surface area contributed by atoms with Crippen LogP contribution in [0.4, 0.5) is 10.1 Å². The molecule has 2 N–H and O–H groups in total. The van der Waals surface area contributed by atoms with Gasteiger partial charge >= 0.3 is 5.97 Å². The summed E-state index contributed by atoms with van der Waals surface area (Å²) in [6.07, 6.45) is 0. The Kier molecular flexibility index (Phi) is 3.95. The summed E-state index contributed by atoms with van der Waals surface area (Å²) in [5.41, 5.74) is 0.690. The molecule has 0 radical (unpaired) electrons. The van der Waals surface area contributed by atoms with Gasteiger partial charge in [-0.25, -0.2) is 17.6 Å². The second kappa shape index (κ2) is 5.53. The van der Waals surface area contributed by atoms with Crippen LogP contribution in [0.15, 0.2) is 47.4 Å². The maximum Gasteiger partial charge on any atom is 0.335 e. The molecule has 2 aromatic rings. The van der Waals surface area contributed by atoms with E-state index in [2.05, 4.69) is 4.72 Å². The molecule has 0 bridgehead atoms. The van der Waals surface area contributed by atoms with Crippen LogP contribution in [0.5, 0.6) is 0 Å². The highest BCUT2D eigenvalue weighted by Gasteiger charge is 2.16. The quantitative estimate of drug-likeness (QED) is 0.909. The van der Waals surface area contributed by atoms with Crippen molar-refractivity contribution in [3.8, 4) is 0 Å². The lowest BCUT2D eigenvalue weighted by Crippen LogP contribution is -2.14. The second-order valence-electron chi connectivity index (χ2n) is 4.39. The number of halogens is 1.